The van der Waals surface area contributed by atoms with Gasteiger partial charge in [0.1, 0.15) is 0 Å². The van der Waals surface area contributed by atoms with Crippen LogP contribution in [0.4, 0.5) is 0 Å². The zero-order valence-electron chi connectivity index (χ0n) is 7.71. The van der Waals surface area contributed by atoms with Gasteiger partial charge in [-0.2, -0.15) is 12.6 Å². The zero-order valence-corrected chi connectivity index (χ0v) is 8.61. The molecule has 1 unspecified atom stereocenters. The topological polar surface area (TPSA) is 0 Å². The van der Waals surface area contributed by atoms with Crippen molar-refractivity contribution in [3.05, 3.63) is 0 Å². The van der Waals surface area contributed by atoms with Crippen LogP contribution in [0.25, 0.3) is 0 Å². The maximum atomic E-state index is 4.35. The molecule has 0 aromatic heterocycles. The molecule has 1 heteroatoms. The third kappa shape index (κ3) is 2.70. The Morgan fingerprint density at radius 2 is 1.82 bits per heavy atom. The fourth-order valence-corrected chi connectivity index (χ4v) is 2.30. The van der Waals surface area contributed by atoms with Crippen LogP contribution < -0.4 is 0 Å². The van der Waals surface area contributed by atoms with Gasteiger partial charge in [-0.15, -0.1) is 0 Å². The average molecular weight is 172 g/mol. The van der Waals surface area contributed by atoms with E-state index in [0.717, 1.165) is 23.5 Å². The smallest absolute Gasteiger partial charge is 0.00695 e. The van der Waals surface area contributed by atoms with Crippen molar-refractivity contribution in [2.45, 2.75) is 39.5 Å². The largest absolute Gasteiger partial charge is 0.179 e. The van der Waals surface area contributed by atoms with Crippen molar-refractivity contribution in [3.8, 4) is 0 Å². The van der Waals surface area contributed by atoms with Gasteiger partial charge in [0, 0.05) is 0 Å². The van der Waals surface area contributed by atoms with Crippen LogP contribution in [0.5, 0.6) is 0 Å². The highest BCUT2D eigenvalue weighted by molar-refractivity contribution is 7.80. The summed E-state index contributed by atoms with van der Waals surface area (Å²) in [5, 5.41) is 0. The molecule has 0 N–H and O–H groups in total. The van der Waals surface area contributed by atoms with Gasteiger partial charge in [0.25, 0.3) is 0 Å². The van der Waals surface area contributed by atoms with Crippen LogP contribution in [0.2, 0.25) is 0 Å². The van der Waals surface area contributed by atoms with Crippen molar-refractivity contribution < 1.29 is 0 Å². The molecule has 1 aliphatic carbocycles. The normalized spacial score (nSPS) is 35.2. The Morgan fingerprint density at radius 1 is 1.27 bits per heavy atom. The first-order valence-corrected chi connectivity index (χ1v) is 5.48. The monoisotopic (exact) mass is 172 g/mol. The first-order valence-electron chi connectivity index (χ1n) is 4.85. The van der Waals surface area contributed by atoms with E-state index in [1.165, 1.54) is 25.7 Å². The number of thiol groups is 1. The van der Waals surface area contributed by atoms with Gasteiger partial charge in [0.2, 0.25) is 0 Å². The predicted octanol–water partition coefficient (Wildman–Crippen LogP) is 3.38. The Labute approximate surface area is 76.2 Å². The molecule has 1 saturated carbocycles. The molecule has 1 aliphatic rings. The molecule has 1 atom stereocenters. The maximum absolute atomic E-state index is 4.35. The zero-order chi connectivity index (χ0) is 8.27. The molecule has 0 aromatic rings. The number of hydrogen-bond donors (Lipinski definition) is 1. The second kappa shape index (κ2) is 4.39. The summed E-state index contributed by atoms with van der Waals surface area (Å²) in [6.07, 6.45) is 5.79. The van der Waals surface area contributed by atoms with E-state index < -0.39 is 0 Å². The van der Waals surface area contributed by atoms with Crippen LogP contribution in [-0.4, -0.2) is 5.75 Å². The van der Waals surface area contributed by atoms with Gasteiger partial charge in [-0.25, -0.2) is 0 Å². The quantitative estimate of drug-likeness (QED) is 0.607. The Morgan fingerprint density at radius 3 is 2.27 bits per heavy atom. The molecule has 0 spiro atoms. The molecule has 0 heterocycles. The highest BCUT2D eigenvalue weighted by Crippen LogP contribution is 2.33. The molecular formula is C10H20S. The Balaban J connectivity index is 2.27. The van der Waals surface area contributed by atoms with Crippen molar-refractivity contribution in [1.29, 1.82) is 0 Å². The summed E-state index contributed by atoms with van der Waals surface area (Å²) in [5.74, 6) is 3.87. The van der Waals surface area contributed by atoms with Gasteiger partial charge in [-0.05, 0) is 36.3 Å². The van der Waals surface area contributed by atoms with E-state index in [1.54, 1.807) is 0 Å². The molecular weight excluding hydrogens is 152 g/mol. The highest BCUT2D eigenvalue weighted by atomic mass is 32.1. The van der Waals surface area contributed by atoms with Gasteiger partial charge in [-0.3, -0.25) is 0 Å². The van der Waals surface area contributed by atoms with Crippen LogP contribution in [0.15, 0.2) is 0 Å². The summed E-state index contributed by atoms with van der Waals surface area (Å²) in [6, 6.07) is 0. The lowest BCUT2D eigenvalue weighted by atomic mass is 9.78. The standard InChI is InChI=1S/C10H20S/c1-8-3-5-10(6-4-8)9(2)7-11/h8-11H,3-7H2,1-2H3. The van der Waals surface area contributed by atoms with Crippen LogP contribution in [0, 0.1) is 17.8 Å². The van der Waals surface area contributed by atoms with E-state index >= 15 is 0 Å². The van der Waals surface area contributed by atoms with E-state index in [0.29, 0.717) is 0 Å². The van der Waals surface area contributed by atoms with Crippen LogP contribution in [0.3, 0.4) is 0 Å². The number of rotatable bonds is 2. The molecule has 0 radical (unpaired) electrons. The fourth-order valence-electron chi connectivity index (χ4n) is 2.00. The first-order chi connectivity index (χ1) is 5.24. The van der Waals surface area contributed by atoms with Crippen LogP contribution >= 0.6 is 12.6 Å². The molecule has 0 nitrogen and oxygen atoms in total. The lowest BCUT2D eigenvalue weighted by molar-refractivity contribution is 0.237. The first kappa shape index (κ1) is 9.44. The van der Waals surface area contributed by atoms with E-state index in [1.807, 2.05) is 0 Å². The second-order valence-corrected chi connectivity index (χ2v) is 4.54. The van der Waals surface area contributed by atoms with E-state index in [9.17, 15) is 0 Å². The molecule has 0 aliphatic heterocycles. The summed E-state index contributed by atoms with van der Waals surface area (Å²) in [4.78, 5) is 0. The van der Waals surface area contributed by atoms with Gasteiger partial charge >= 0.3 is 0 Å². The van der Waals surface area contributed by atoms with Gasteiger partial charge < -0.3 is 0 Å². The lowest BCUT2D eigenvalue weighted by Crippen LogP contribution is -2.19. The van der Waals surface area contributed by atoms with Crippen molar-refractivity contribution in [2.75, 3.05) is 5.75 Å². The fraction of sp³-hybridized carbons (Fsp3) is 1.00. The van der Waals surface area contributed by atoms with E-state index in [-0.39, 0.29) is 0 Å². The molecule has 0 aromatic carbocycles. The molecule has 0 bridgehead atoms. The van der Waals surface area contributed by atoms with Crippen molar-refractivity contribution in [2.24, 2.45) is 17.8 Å². The summed E-state index contributed by atoms with van der Waals surface area (Å²) < 4.78 is 0. The molecule has 0 amide bonds. The third-order valence-corrected chi connectivity index (χ3v) is 3.73. The molecule has 1 rings (SSSR count). The van der Waals surface area contributed by atoms with Gasteiger partial charge in [-0.1, -0.05) is 26.7 Å². The minimum absolute atomic E-state index is 0.839. The maximum Gasteiger partial charge on any atom is -0.00695 e. The highest BCUT2D eigenvalue weighted by Gasteiger charge is 2.21. The summed E-state index contributed by atoms with van der Waals surface area (Å²) in [5.41, 5.74) is 0. The Kier molecular flexibility index (Phi) is 3.77. The van der Waals surface area contributed by atoms with E-state index in [2.05, 4.69) is 26.5 Å². The molecule has 11 heavy (non-hydrogen) atoms. The predicted molar refractivity (Wildman–Crippen MR) is 54.1 cm³/mol. The Hall–Kier alpha value is 0.350. The molecule has 0 saturated heterocycles. The number of hydrogen-bond acceptors (Lipinski definition) is 1. The van der Waals surface area contributed by atoms with Crippen LogP contribution in [-0.2, 0) is 0 Å². The third-order valence-electron chi connectivity index (χ3n) is 3.15. The SMILES string of the molecule is CC1CCC(C(C)CS)CC1. The van der Waals surface area contributed by atoms with E-state index in [4.69, 9.17) is 0 Å². The second-order valence-electron chi connectivity index (χ2n) is 4.18. The summed E-state index contributed by atoms with van der Waals surface area (Å²) in [7, 11) is 0. The molecule has 66 valence electrons. The minimum Gasteiger partial charge on any atom is -0.179 e. The van der Waals surface area contributed by atoms with Crippen molar-refractivity contribution in [1.82, 2.24) is 0 Å². The van der Waals surface area contributed by atoms with Crippen LogP contribution in [0.1, 0.15) is 39.5 Å². The minimum atomic E-state index is 0.839. The molecule has 1 fully saturated rings. The Bertz CT molecular complexity index is 103. The van der Waals surface area contributed by atoms with Gasteiger partial charge in [0.15, 0.2) is 0 Å². The van der Waals surface area contributed by atoms with Crippen molar-refractivity contribution >= 4 is 12.6 Å². The summed E-state index contributed by atoms with van der Waals surface area (Å²) >= 11 is 4.35. The van der Waals surface area contributed by atoms with Crippen molar-refractivity contribution in [3.63, 3.8) is 0 Å². The summed E-state index contributed by atoms with van der Waals surface area (Å²) in [6.45, 7) is 4.72. The average Bonchev–Trinajstić information content (AvgIpc) is 2.05. The van der Waals surface area contributed by atoms with Gasteiger partial charge in [0.05, 0.1) is 0 Å². The lowest BCUT2D eigenvalue weighted by Gasteiger charge is -2.29.